The third-order valence-corrected chi connectivity index (χ3v) is 4.30. The van der Waals surface area contributed by atoms with Gasteiger partial charge in [-0.25, -0.2) is 23.9 Å². The SMILES string of the molecule is N#Cc1cc(N=C(NO)c2nonc2SCCNS(N)(=O)=O)ccc1F. The summed E-state index contributed by atoms with van der Waals surface area (Å²) in [5.74, 6) is -0.624. The Bertz CT molecular complexity index is 955. The molecule has 11 nitrogen and oxygen atoms in total. The second-order valence-electron chi connectivity index (χ2n) is 4.55. The highest BCUT2D eigenvalue weighted by Gasteiger charge is 2.17. The van der Waals surface area contributed by atoms with Gasteiger partial charge < -0.3 is 0 Å². The van der Waals surface area contributed by atoms with Crippen LogP contribution in [0.25, 0.3) is 0 Å². The van der Waals surface area contributed by atoms with E-state index in [-0.39, 0.29) is 40.1 Å². The van der Waals surface area contributed by atoms with Crippen molar-refractivity contribution in [1.29, 1.82) is 5.26 Å². The Kier molecular flexibility index (Phi) is 6.60. The smallest absolute Gasteiger partial charge is 0.274 e. The zero-order chi connectivity index (χ0) is 19.2. The second kappa shape index (κ2) is 8.69. The zero-order valence-electron chi connectivity index (χ0n) is 12.9. The van der Waals surface area contributed by atoms with E-state index in [1.165, 1.54) is 12.1 Å². The monoisotopic (exact) mass is 401 g/mol. The van der Waals surface area contributed by atoms with E-state index in [0.29, 0.717) is 0 Å². The van der Waals surface area contributed by atoms with Crippen molar-refractivity contribution >= 4 is 33.5 Å². The molecule has 0 atom stereocenters. The van der Waals surface area contributed by atoms with Gasteiger partial charge in [0, 0.05) is 12.3 Å². The van der Waals surface area contributed by atoms with E-state index in [4.69, 9.17) is 10.4 Å². The van der Waals surface area contributed by atoms with Crippen molar-refractivity contribution in [2.45, 2.75) is 5.03 Å². The van der Waals surface area contributed by atoms with Gasteiger partial charge in [0.1, 0.15) is 11.9 Å². The summed E-state index contributed by atoms with van der Waals surface area (Å²) >= 11 is 1.06. The number of benzene rings is 1. The van der Waals surface area contributed by atoms with Crippen molar-refractivity contribution in [2.24, 2.45) is 10.1 Å². The zero-order valence-corrected chi connectivity index (χ0v) is 14.5. The van der Waals surface area contributed by atoms with Gasteiger partial charge in [0.25, 0.3) is 10.2 Å². The third kappa shape index (κ3) is 5.47. The predicted octanol–water partition coefficient (Wildman–Crippen LogP) is 0.0227. The molecular formula is C12H12FN7O4S2. The van der Waals surface area contributed by atoms with Crippen LogP contribution in [0.15, 0.2) is 32.8 Å². The standard InChI is InChI=1S/C12H12FN7O4S2/c13-9-2-1-8(5-7(9)6-14)17-11(18-21)10-12(20-24-19-10)25-4-3-16-26(15,22)23/h1-2,5,16,21H,3-4H2,(H,17,18)(H2,15,22,23). The number of nitrogens with zero attached hydrogens (tertiary/aromatic N) is 4. The minimum absolute atomic E-state index is 0.0261. The average Bonchev–Trinajstić information content (AvgIpc) is 3.05. The molecule has 0 saturated heterocycles. The Hall–Kier alpha value is -2.57. The molecule has 0 radical (unpaired) electrons. The minimum atomic E-state index is -3.80. The van der Waals surface area contributed by atoms with Crippen molar-refractivity contribution < 1.29 is 22.6 Å². The van der Waals surface area contributed by atoms with Crippen LogP contribution in [0.2, 0.25) is 0 Å². The Labute approximate surface area is 151 Å². The normalized spacial score (nSPS) is 12.0. The van der Waals surface area contributed by atoms with E-state index < -0.39 is 16.0 Å². The second-order valence-corrected chi connectivity index (χ2v) is 7.02. The molecule has 26 heavy (non-hydrogen) atoms. The first-order valence-electron chi connectivity index (χ1n) is 6.75. The first kappa shape index (κ1) is 19.8. The number of nitrogens with two attached hydrogens (primary N) is 1. The van der Waals surface area contributed by atoms with Crippen molar-refractivity contribution in [3.05, 3.63) is 35.3 Å². The number of aliphatic imine (C=N–C) groups is 1. The van der Waals surface area contributed by atoms with Crippen molar-refractivity contribution in [1.82, 2.24) is 20.5 Å². The van der Waals surface area contributed by atoms with E-state index in [9.17, 15) is 18.0 Å². The Balaban J connectivity index is 2.18. The van der Waals surface area contributed by atoms with Crippen LogP contribution in [-0.2, 0) is 10.2 Å². The topological polar surface area (TPSA) is 180 Å². The van der Waals surface area contributed by atoms with E-state index in [1.54, 1.807) is 6.07 Å². The number of nitriles is 1. The average molecular weight is 401 g/mol. The molecule has 1 heterocycles. The quantitative estimate of drug-likeness (QED) is 0.163. The van der Waals surface area contributed by atoms with E-state index in [0.717, 1.165) is 17.8 Å². The van der Waals surface area contributed by atoms with Crippen molar-refractivity contribution in [2.75, 3.05) is 12.3 Å². The fourth-order valence-electron chi connectivity index (χ4n) is 1.68. The van der Waals surface area contributed by atoms with Crippen LogP contribution in [-0.4, -0.2) is 42.1 Å². The number of aromatic nitrogens is 2. The largest absolute Gasteiger partial charge is 0.290 e. The van der Waals surface area contributed by atoms with Gasteiger partial charge in [-0.2, -0.15) is 13.7 Å². The summed E-state index contributed by atoms with van der Waals surface area (Å²) in [4.78, 5) is 4.03. The summed E-state index contributed by atoms with van der Waals surface area (Å²) < 4.78 is 41.6. The highest BCUT2D eigenvalue weighted by Crippen LogP contribution is 2.22. The molecule has 1 aromatic carbocycles. The summed E-state index contributed by atoms with van der Waals surface area (Å²) in [5.41, 5.74) is 1.82. The number of rotatable bonds is 7. The van der Waals surface area contributed by atoms with Gasteiger partial charge in [0.2, 0.25) is 0 Å². The van der Waals surface area contributed by atoms with Crippen LogP contribution in [0.3, 0.4) is 0 Å². The number of halogens is 1. The highest BCUT2D eigenvalue weighted by molar-refractivity contribution is 7.99. The fourth-order valence-corrected chi connectivity index (χ4v) is 2.95. The van der Waals surface area contributed by atoms with E-state index >= 15 is 0 Å². The first-order chi connectivity index (χ1) is 12.3. The lowest BCUT2D eigenvalue weighted by atomic mass is 10.2. The van der Waals surface area contributed by atoms with Gasteiger partial charge in [-0.3, -0.25) is 10.7 Å². The molecule has 0 unspecified atom stereocenters. The molecule has 0 aliphatic heterocycles. The molecular weight excluding hydrogens is 389 g/mol. The van der Waals surface area contributed by atoms with Crippen LogP contribution in [0.5, 0.6) is 0 Å². The van der Waals surface area contributed by atoms with Crippen LogP contribution < -0.4 is 15.3 Å². The van der Waals surface area contributed by atoms with Gasteiger partial charge in [-0.15, -0.1) is 0 Å². The number of hydroxylamine groups is 1. The molecule has 0 spiro atoms. The maximum absolute atomic E-state index is 13.3. The maximum Gasteiger partial charge on any atom is 0.274 e. The molecule has 0 bridgehead atoms. The molecule has 0 aliphatic carbocycles. The third-order valence-electron chi connectivity index (χ3n) is 2.74. The van der Waals surface area contributed by atoms with Crippen LogP contribution in [0, 0.1) is 17.1 Å². The van der Waals surface area contributed by atoms with Gasteiger partial charge in [-0.05, 0) is 28.5 Å². The van der Waals surface area contributed by atoms with Gasteiger partial charge in [0.15, 0.2) is 16.6 Å². The first-order valence-corrected chi connectivity index (χ1v) is 9.29. The Morgan fingerprint density at radius 1 is 1.50 bits per heavy atom. The molecule has 0 aliphatic rings. The Morgan fingerprint density at radius 3 is 2.92 bits per heavy atom. The maximum atomic E-state index is 13.3. The molecule has 2 aromatic rings. The number of thioether (sulfide) groups is 1. The summed E-state index contributed by atoms with van der Waals surface area (Å²) in [5, 5.41) is 30.4. The minimum Gasteiger partial charge on any atom is -0.290 e. The fraction of sp³-hybridized carbons (Fsp3) is 0.167. The number of hydrogen-bond acceptors (Lipinski definition) is 9. The van der Waals surface area contributed by atoms with Crippen molar-refractivity contribution in [3.63, 3.8) is 0 Å². The predicted molar refractivity (Wildman–Crippen MR) is 88.4 cm³/mol. The van der Waals surface area contributed by atoms with Crippen molar-refractivity contribution in [3.8, 4) is 6.07 Å². The van der Waals surface area contributed by atoms with Gasteiger partial charge in [0.05, 0.1) is 11.3 Å². The van der Waals surface area contributed by atoms with Gasteiger partial charge in [-0.1, -0.05) is 11.8 Å². The molecule has 14 heteroatoms. The lowest BCUT2D eigenvalue weighted by Crippen LogP contribution is -2.32. The van der Waals surface area contributed by atoms with Crippen LogP contribution >= 0.6 is 11.8 Å². The summed E-state index contributed by atoms with van der Waals surface area (Å²) in [6.07, 6.45) is 0. The highest BCUT2D eigenvalue weighted by atomic mass is 32.2. The Morgan fingerprint density at radius 2 is 2.27 bits per heavy atom. The molecule has 2 rings (SSSR count). The van der Waals surface area contributed by atoms with E-state index in [1.807, 2.05) is 5.48 Å². The molecule has 0 fully saturated rings. The molecule has 0 saturated carbocycles. The number of nitrogens with one attached hydrogen (secondary N) is 2. The lowest BCUT2D eigenvalue weighted by molar-refractivity contribution is 0.234. The summed E-state index contributed by atoms with van der Waals surface area (Å²) in [6, 6.07) is 5.21. The number of hydrogen-bond donors (Lipinski definition) is 4. The lowest BCUT2D eigenvalue weighted by Gasteiger charge is -2.04. The molecule has 138 valence electrons. The van der Waals surface area contributed by atoms with E-state index in [2.05, 4.69) is 24.7 Å². The number of amidine groups is 1. The molecule has 1 aromatic heterocycles. The molecule has 5 N–H and O–H groups in total. The molecule has 0 amide bonds. The van der Waals surface area contributed by atoms with Crippen LogP contribution in [0.4, 0.5) is 10.1 Å². The van der Waals surface area contributed by atoms with Crippen LogP contribution in [0.1, 0.15) is 11.3 Å². The summed E-state index contributed by atoms with van der Waals surface area (Å²) in [7, 11) is -3.80. The van der Waals surface area contributed by atoms with Gasteiger partial charge >= 0.3 is 0 Å². The summed E-state index contributed by atoms with van der Waals surface area (Å²) in [6.45, 7) is 0.0261.